The zero-order valence-corrected chi connectivity index (χ0v) is 19.8. The molecule has 0 aliphatic carbocycles. The molecule has 1 N–H and O–H groups in total. The summed E-state index contributed by atoms with van der Waals surface area (Å²) in [6.45, 7) is 7.58. The Labute approximate surface area is 201 Å². The molecule has 0 bridgehead atoms. The summed E-state index contributed by atoms with van der Waals surface area (Å²) < 4.78 is 42.6. The fourth-order valence-corrected chi connectivity index (χ4v) is 4.24. The molecule has 3 aromatic heterocycles. The molecule has 0 amide bonds. The SMILES string of the molecule is Cc1nc2c(F)cc(-c3nc(Nc4ccc(CO[C@@H]5CCOC5)cn4)ncc3F)cc2n1C(C)C. The van der Waals surface area contributed by atoms with Gasteiger partial charge < -0.3 is 19.4 Å². The van der Waals surface area contributed by atoms with Crippen molar-refractivity contribution in [2.75, 3.05) is 18.5 Å². The highest BCUT2D eigenvalue weighted by atomic mass is 19.1. The van der Waals surface area contributed by atoms with E-state index in [1.54, 1.807) is 18.3 Å². The molecule has 4 heterocycles. The van der Waals surface area contributed by atoms with Gasteiger partial charge >= 0.3 is 0 Å². The van der Waals surface area contributed by atoms with Gasteiger partial charge in [-0.2, -0.15) is 0 Å². The Hall–Kier alpha value is -3.50. The van der Waals surface area contributed by atoms with Gasteiger partial charge in [0.05, 0.1) is 31.0 Å². The van der Waals surface area contributed by atoms with Gasteiger partial charge in [0.1, 0.15) is 22.9 Å². The molecule has 1 aliphatic heterocycles. The number of pyridine rings is 1. The Morgan fingerprint density at radius 3 is 2.71 bits per heavy atom. The Morgan fingerprint density at radius 2 is 2.00 bits per heavy atom. The molecule has 0 saturated carbocycles. The van der Waals surface area contributed by atoms with Gasteiger partial charge in [-0.25, -0.2) is 28.7 Å². The standard InChI is InChI=1S/C25H26F2N6O2/c1-14(2)33-15(3)30-24-19(26)8-17(9-21(24)33)23-20(27)11-29-25(32-23)31-22-5-4-16(10-28-22)12-35-18-6-7-34-13-18/h4-5,8-11,14,18H,6-7,12-13H2,1-3H3,(H,28,29,31,32)/t18-/m1/s1. The second-order valence-corrected chi connectivity index (χ2v) is 8.81. The molecule has 35 heavy (non-hydrogen) atoms. The lowest BCUT2D eigenvalue weighted by Crippen LogP contribution is -2.12. The molecule has 5 rings (SSSR count). The van der Waals surface area contributed by atoms with Crippen molar-refractivity contribution in [1.29, 1.82) is 0 Å². The van der Waals surface area contributed by atoms with Crippen LogP contribution in [0.3, 0.4) is 0 Å². The second-order valence-electron chi connectivity index (χ2n) is 8.81. The zero-order valence-electron chi connectivity index (χ0n) is 19.8. The third-order valence-corrected chi connectivity index (χ3v) is 5.90. The first-order valence-corrected chi connectivity index (χ1v) is 11.5. The van der Waals surface area contributed by atoms with Crippen molar-refractivity contribution in [3.8, 4) is 11.3 Å². The quantitative estimate of drug-likeness (QED) is 0.394. The number of ether oxygens (including phenoxy) is 2. The average molecular weight is 481 g/mol. The van der Waals surface area contributed by atoms with Crippen LogP contribution in [-0.4, -0.2) is 43.8 Å². The van der Waals surface area contributed by atoms with E-state index in [1.165, 1.54) is 6.07 Å². The van der Waals surface area contributed by atoms with E-state index in [2.05, 4.69) is 25.3 Å². The fraction of sp³-hybridized carbons (Fsp3) is 0.360. The number of benzene rings is 1. The fourth-order valence-electron chi connectivity index (χ4n) is 4.24. The van der Waals surface area contributed by atoms with Crippen LogP contribution in [-0.2, 0) is 16.1 Å². The number of hydrogen-bond donors (Lipinski definition) is 1. The number of nitrogens with zero attached hydrogens (tertiary/aromatic N) is 5. The average Bonchev–Trinajstić information content (AvgIpc) is 3.47. The van der Waals surface area contributed by atoms with Crippen LogP contribution in [0.2, 0.25) is 0 Å². The molecule has 4 aromatic rings. The van der Waals surface area contributed by atoms with Crippen LogP contribution in [0.15, 0.2) is 36.7 Å². The molecule has 1 atom stereocenters. The summed E-state index contributed by atoms with van der Waals surface area (Å²) in [6, 6.07) is 6.67. The predicted octanol–water partition coefficient (Wildman–Crippen LogP) is 5.10. The van der Waals surface area contributed by atoms with Crippen LogP contribution in [0.4, 0.5) is 20.5 Å². The van der Waals surface area contributed by atoms with Crippen molar-refractivity contribution < 1.29 is 18.3 Å². The normalized spacial score (nSPS) is 15.9. The summed E-state index contributed by atoms with van der Waals surface area (Å²) >= 11 is 0. The Bertz CT molecular complexity index is 1350. The summed E-state index contributed by atoms with van der Waals surface area (Å²) in [5.74, 6) is 0.142. The third kappa shape index (κ3) is 4.85. The van der Waals surface area contributed by atoms with Crippen LogP contribution in [0.1, 0.15) is 37.7 Å². The molecular formula is C25H26F2N6O2. The molecule has 8 nitrogen and oxygen atoms in total. The highest BCUT2D eigenvalue weighted by Crippen LogP contribution is 2.30. The van der Waals surface area contributed by atoms with Gasteiger partial charge in [0.25, 0.3) is 0 Å². The maximum Gasteiger partial charge on any atom is 0.229 e. The number of imidazole rings is 1. The first-order valence-electron chi connectivity index (χ1n) is 11.5. The van der Waals surface area contributed by atoms with Crippen molar-refractivity contribution in [1.82, 2.24) is 24.5 Å². The van der Waals surface area contributed by atoms with Crippen molar-refractivity contribution in [3.63, 3.8) is 0 Å². The van der Waals surface area contributed by atoms with Gasteiger partial charge in [-0.15, -0.1) is 0 Å². The first kappa shape index (κ1) is 23.3. The molecule has 1 aliphatic rings. The first-order chi connectivity index (χ1) is 16.9. The number of fused-ring (bicyclic) bond motifs is 1. The molecule has 1 fully saturated rings. The van der Waals surface area contributed by atoms with E-state index in [4.69, 9.17) is 9.47 Å². The van der Waals surface area contributed by atoms with E-state index in [-0.39, 0.29) is 29.3 Å². The lowest BCUT2D eigenvalue weighted by molar-refractivity contribution is 0.0316. The van der Waals surface area contributed by atoms with Gasteiger partial charge in [-0.05, 0) is 51.0 Å². The summed E-state index contributed by atoms with van der Waals surface area (Å²) in [5.41, 5.74) is 2.05. The van der Waals surface area contributed by atoms with Crippen molar-refractivity contribution in [2.24, 2.45) is 0 Å². The Morgan fingerprint density at radius 1 is 1.14 bits per heavy atom. The van der Waals surface area contributed by atoms with Crippen LogP contribution < -0.4 is 5.32 Å². The number of hydrogen-bond acceptors (Lipinski definition) is 7. The smallest absolute Gasteiger partial charge is 0.229 e. The number of nitrogens with one attached hydrogen (secondary N) is 1. The van der Waals surface area contributed by atoms with Gasteiger partial charge in [-0.1, -0.05) is 6.07 Å². The summed E-state index contributed by atoms with van der Waals surface area (Å²) in [4.78, 5) is 17.0. The third-order valence-electron chi connectivity index (χ3n) is 5.90. The van der Waals surface area contributed by atoms with Crippen LogP contribution in [0, 0.1) is 18.6 Å². The second kappa shape index (κ2) is 9.63. The molecule has 0 radical (unpaired) electrons. The van der Waals surface area contributed by atoms with Crippen LogP contribution >= 0.6 is 0 Å². The lowest BCUT2D eigenvalue weighted by atomic mass is 10.1. The number of anilines is 2. The van der Waals surface area contributed by atoms with Crippen LogP contribution in [0.25, 0.3) is 22.3 Å². The van der Waals surface area contributed by atoms with E-state index in [0.717, 1.165) is 24.8 Å². The Balaban J connectivity index is 1.38. The molecular weight excluding hydrogens is 454 g/mol. The molecule has 10 heteroatoms. The monoisotopic (exact) mass is 480 g/mol. The van der Waals surface area contributed by atoms with Gasteiger partial charge in [0.2, 0.25) is 5.95 Å². The highest BCUT2D eigenvalue weighted by Gasteiger charge is 2.19. The molecule has 1 aromatic carbocycles. The lowest BCUT2D eigenvalue weighted by Gasteiger charge is -2.12. The highest BCUT2D eigenvalue weighted by molar-refractivity contribution is 5.83. The van der Waals surface area contributed by atoms with E-state index in [9.17, 15) is 8.78 Å². The maximum atomic E-state index is 14.9. The summed E-state index contributed by atoms with van der Waals surface area (Å²) in [6.07, 6.45) is 3.77. The van der Waals surface area contributed by atoms with Crippen molar-refractivity contribution in [2.45, 2.75) is 45.9 Å². The molecule has 0 unspecified atom stereocenters. The largest absolute Gasteiger partial charge is 0.379 e. The van der Waals surface area contributed by atoms with Crippen molar-refractivity contribution >= 4 is 22.8 Å². The minimum Gasteiger partial charge on any atom is -0.379 e. The maximum absolute atomic E-state index is 14.9. The van der Waals surface area contributed by atoms with E-state index < -0.39 is 11.6 Å². The van der Waals surface area contributed by atoms with Crippen LogP contribution in [0.5, 0.6) is 0 Å². The Kier molecular flexibility index (Phi) is 6.40. The van der Waals surface area contributed by atoms with Gasteiger partial charge in [0.15, 0.2) is 11.6 Å². The van der Waals surface area contributed by atoms with Gasteiger partial charge in [0, 0.05) is 24.4 Å². The van der Waals surface area contributed by atoms with Crippen molar-refractivity contribution in [3.05, 3.63) is 59.7 Å². The predicted molar refractivity (Wildman–Crippen MR) is 127 cm³/mol. The van der Waals surface area contributed by atoms with E-state index in [1.807, 2.05) is 31.4 Å². The summed E-state index contributed by atoms with van der Waals surface area (Å²) in [7, 11) is 0. The topological polar surface area (TPSA) is 87.0 Å². The minimum absolute atomic E-state index is 0.0127. The molecule has 182 valence electrons. The van der Waals surface area contributed by atoms with E-state index >= 15 is 0 Å². The number of halogens is 2. The number of aromatic nitrogens is 5. The number of rotatable bonds is 7. The minimum atomic E-state index is -0.655. The zero-order chi connectivity index (χ0) is 24.5. The van der Waals surface area contributed by atoms with Gasteiger partial charge in [-0.3, -0.25) is 0 Å². The molecule has 0 spiro atoms. The molecule has 1 saturated heterocycles. The van der Waals surface area contributed by atoms with E-state index in [0.29, 0.717) is 35.9 Å². The summed E-state index contributed by atoms with van der Waals surface area (Å²) in [5, 5.41) is 2.98. The number of aryl methyl sites for hydroxylation is 1.